The molecule has 23 heavy (non-hydrogen) atoms. The van der Waals surface area contributed by atoms with Crippen molar-refractivity contribution in [2.75, 3.05) is 39.3 Å². The second-order valence-corrected chi connectivity index (χ2v) is 7.19. The maximum atomic E-state index is 11.2. The van der Waals surface area contributed by atoms with E-state index in [0.29, 0.717) is 37.1 Å². The summed E-state index contributed by atoms with van der Waals surface area (Å²) < 4.78 is 32.8. The van der Waals surface area contributed by atoms with E-state index < -0.39 is 9.84 Å². The van der Waals surface area contributed by atoms with Gasteiger partial charge in [-0.25, -0.2) is 13.4 Å². The van der Waals surface area contributed by atoms with E-state index in [2.05, 4.69) is 15.6 Å². The Hall–Kier alpha value is -1.96. The van der Waals surface area contributed by atoms with Gasteiger partial charge in [0.1, 0.15) is 21.3 Å². The van der Waals surface area contributed by atoms with Crippen LogP contribution in [-0.4, -0.2) is 53.7 Å². The molecule has 0 atom stereocenters. The van der Waals surface area contributed by atoms with Crippen molar-refractivity contribution in [1.82, 2.24) is 10.6 Å². The van der Waals surface area contributed by atoms with Crippen LogP contribution in [0.5, 0.6) is 11.5 Å². The fourth-order valence-corrected chi connectivity index (χ4v) is 2.32. The Labute approximate surface area is 138 Å². The van der Waals surface area contributed by atoms with Gasteiger partial charge in [0, 0.05) is 31.0 Å². The molecule has 7 nitrogen and oxygen atoms in total. The van der Waals surface area contributed by atoms with Gasteiger partial charge in [-0.1, -0.05) is 0 Å². The molecule has 0 saturated heterocycles. The van der Waals surface area contributed by atoms with E-state index in [9.17, 15) is 8.42 Å². The predicted molar refractivity (Wildman–Crippen MR) is 92.1 cm³/mol. The summed E-state index contributed by atoms with van der Waals surface area (Å²) in [4.78, 5) is 4.45. The molecule has 0 fully saturated rings. The summed E-state index contributed by atoms with van der Waals surface area (Å²) in [5, 5.41) is 6.08. The quantitative estimate of drug-likeness (QED) is 0.536. The topological polar surface area (TPSA) is 89.0 Å². The minimum Gasteiger partial charge on any atom is -0.497 e. The number of methoxy groups -OCH3 is 2. The SMILES string of the molecule is CCNC(=NCc1ccc(OC)cc1OC)NCCS(C)(=O)=O. The second kappa shape index (κ2) is 9.24. The monoisotopic (exact) mass is 343 g/mol. The zero-order chi connectivity index (χ0) is 17.3. The van der Waals surface area contributed by atoms with Crippen molar-refractivity contribution >= 4 is 15.8 Å². The van der Waals surface area contributed by atoms with Crippen molar-refractivity contribution in [3.63, 3.8) is 0 Å². The lowest BCUT2D eigenvalue weighted by Gasteiger charge is -2.12. The highest BCUT2D eigenvalue weighted by Gasteiger charge is 2.06. The van der Waals surface area contributed by atoms with Gasteiger partial charge in [0.15, 0.2) is 5.96 Å². The van der Waals surface area contributed by atoms with Gasteiger partial charge in [0.25, 0.3) is 0 Å². The average Bonchev–Trinajstić information content (AvgIpc) is 2.51. The van der Waals surface area contributed by atoms with E-state index in [1.807, 2.05) is 19.1 Å². The standard InChI is InChI=1S/C15H25N3O4S/c1-5-16-15(17-8-9-23(4,19)20)18-11-12-6-7-13(21-2)10-14(12)22-3/h6-7,10H,5,8-9,11H2,1-4H3,(H2,16,17,18). The molecule has 0 radical (unpaired) electrons. The molecule has 1 aromatic carbocycles. The molecule has 2 N–H and O–H groups in total. The van der Waals surface area contributed by atoms with E-state index in [4.69, 9.17) is 9.47 Å². The van der Waals surface area contributed by atoms with E-state index >= 15 is 0 Å². The van der Waals surface area contributed by atoms with Gasteiger partial charge in [-0.15, -0.1) is 0 Å². The summed E-state index contributed by atoms with van der Waals surface area (Å²) in [6.45, 7) is 3.35. The number of sulfone groups is 1. The smallest absolute Gasteiger partial charge is 0.191 e. The normalized spacial score (nSPS) is 11.9. The zero-order valence-corrected chi connectivity index (χ0v) is 14.9. The average molecular weight is 343 g/mol. The van der Waals surface area contributed by atoms with Crippen molar-refractivity contribution in [3.8, 4) is 11.5 Å². The Bertz CT molecular complexity index is 630. The summed E-state index contributed by atoms with van der Waals surface area (Å²) in [7, 11) is 0.194. The minimum absolute atomic E-state index is 0.0588. The lowest BCUT2D eigenvalue weighted by Crippen LogP contribution is -2.39. The first-order valence-electron chi connectivity index (χ1n) is 7.30. The molecule has 0 bridgehead atoms. The lowest BCUT2D eigenvalue weighted by molar-refractivity contribution is 0.391. The first kappa shape index (κ1) is 19.1. The molecule has 1 aromatic rings. The molecule has 0 heterocycles. The molecular formula is C15H25N3O4S. The molecule has 130 valence electrons. The number of rotatable bonds is 8. The maximum absolute atomic E-state index is 11.2. The summed E-state index contributed by atoms with van der Waals surface area (Å²) in [6, 6.07) is 5.54. The number of benzene rings is 1. The molecule has 0 spiro atoms. The first-order valence-corrected chi connectivity index (χ1v) is 9.36. The molecule has 0 amide bonds. The van der Waals surface area contributed by atoms with Crippen LogP contribution in [0.3, 0.4) is 0 Å². The number of guanidine groups is 1. The van der Waals surface area contributed by atoms with Crippen LogP contribution in [-0.2, 0) is 16.4 Å². The van der Waals surface area contributed by atoms with Gasteiger partial charge in [-0.05, 0) is 19.1 Å². The highest BCUT2D eigenvalue weighted by atomic mass is 32.2. The van der Waals surface area contributed by atoms with Crippen LogP contribution in [0.2, 0.25) is 0 Å². The number of hydrogen-bond donors (Lipinski definition) is 2. The Morgan fingerprint density at radius 3 is 2.52 bits per heavy atom. The van der Waals surface area contributed by atoms with Crippen molar-refractivity contribution in [2.45, 2.75) is 13.5 Å². The highest BCUT2D eigenvalue weighted by Crippen LogP contribution is 2.25. The molecular weight excluding hydrogens is 318 g/mol. The molecule has 0 saturated carbocycles. The van der Waals surface area contributed by atoms with E-state index in [1.165, 1.54) is 6.26 Å². The number of aliphatic imine (C=N–C) groups is 1. The van der Waals surface area contributed by atoms with Crippen LogP contribution < -0.4 is 20.1 Å². The van der Waals surface area contributed by atoms with Gasteiger partial charge < -0.3 is 20.1 Å². The van der Waals surface area contributed by atoms with Gasteiger partial charge in [-0.3, -0.25) is 0 Å². The molecule has 1 rings (SSSR count). The summed E-state index contributed by atoms with van der Waals surface area (Å²) in [5.74, 6) is 2.03. The van der Waals surface area contributed by atoms with Crippen LogP contribution in [0.15, 0.2) is 23.2 Å². The van der Waals surface area contributed by atoms with Gasteiger partial charge in [0.2, 0.25) is 0 Å². The number of nitrogens with zero attached hydrogens (tertiary/aromatic N) is 1. The van der Waals surface area contributed by atoms with Gasteiger partial charge >= 0.3 is 0 Å². The Morgan fingerprint density at radius 1 is 1.22 bits per heavy atom. The maximum Gasteiger partial charge on any atom is 0.191 e. The summed E-state index contributed by atoms with van der Waals surface area (Å²) in [6.07, 6.45) is 1.21. The Balaban J connectivity index is 2.76. The van der Waals surface area contributed by atoms with E-state index in [1.54, 1.807) is 20.3 Å². The minimum atomic E-state index is -3.00. The zero-order valence-electron chi connectivity index (χ0n) is 14.0. The molecule has 0 aromatic heterocycles. The van der Waals surface area contributed by atoms with Crippen molar-refractivity contribution in [3.05, 3.63) is 23.8 Å². The fraction of sp³-hybridized carbons (Fsp3) is 0.533. The van der Waals surface area contributed by atoms with Crippen LogP contribution in [0.25, 0.3) is 0 Å². The third-order valence-corrected chi connectivity index (χ3v) is 3.96. The van der Waals surface area contributed by atoms with Crippen molar-refractivity contribution < 1.29 is 17.9 Å². The van der Waals surface area contributed by atoms with Gasteiger partial charge in [0.05, 0.1) is 26.5 Å². The van der Waals surface area contributed by atoms with E-state index in [0.717, 1.165) is 5.56 Å². The van der Waals surface area contributed by atoms with Crippen LogP contribution in [0, 0.1) is 0 Å². The van der Waals surface area contributed by atoms with Crippen molar-refractivity contribution in [2.24, 2.45) is 4.99 Å². The molecule has 0 aliphatic rings. The van der Waals surface area contributed by atoms with Gasteiger partial charge in [-0.2, -0.15) is 0 Å². The lowest BCUT2D eigenvalue weighted by atomic mass is 10.2. The largest absolute Gasteiger partial charge is 0.497 e. The predicted octanol–water partition coefficient (Wildman–Crippen LogP) is 0.804. The summed E-state index contributed by atoms with van der Waals surface area (Å²) >= 11 is 0. The van der Waals surface area contributed by atoms with Crippen LogP contribution >= 0.6 is 0 Å². The Kier molecular flexibility index (Phi) is 7.67. The third-order valence-electron chi connectivity index (χ3n) is 3.01. The summed E-state index contributed by atoms with van der Waals surface area (Å²) in [5.41, 5.74) is 0.911. The highest BCUT2D eigenvalue weighted by molar-refractivity contribution is 7.90. The molecule has 0 aliphatic carbocycles. The first-order chi connectivity index (χ1) is 10.9. The van der Waals surface area contributed by atoms with E-state index in [-0.39, 0.29) is 5.75 Å². The number of nitrogens with one attached hydrogen (secondary N) is 2. The third kappa shape index (κ3) is 7.23. The second-order valence-electron chi connectivity index (χ2n) is 4.93. The van der Waals surface area contributed by atoms with Crippen LogP contribution in [0.1, 0.15) is 12.5 Å². The Morgan fingerprint density at radius 2 is 1.96 bits per heavy atom. The van der Waals surface area contributed by atoms with Crippen molar-refractivity contribution in [1.29, 1.82) is 0 Å². The molecule has 0 unspecified atom stereocenters. The number of ether oxygens (including phenoxy) is 2. The number of hydrogen-bond acceptors (Lipinski definition) is 5. The molecule has 8 heteroatoms. The molecule has 0 aliphatic heterocycles. The fourth-order valence-electron chi connectivity index (χ4n) is 1.84. The van der Waals surface area contributed by atoms with Crippen LogP contribution in [0.4, 0.5) is 0 Å².